The van der Waals surface area contributed by atoms with Gasteiger partial charge in [0.05, 0.1) is 16.7 Å². The molecule has 0 radical (unpaired) electrons. The van der Waals surface area contributed by atoms with Gasteiger partial charge in [0.25, 0.3) is 0 Å². The normalized spacial score (nSPS) is 26.9. The number of hydrogen-bond acceptors (Lipinski definition) is 2. The molecule has 1 aromatic rings. The molecule has 2 atom stereocenters. The Labute approximate surface area is 117 Å². The molecule has 0 bridgehead atoms. The lowest BCUT2D eigenvalue weighted by atomic mass is 9.89. The second-order valence-electron chi connectivity index (χ2n) is 5.08. The van der Waals surface area contributed by atoms with Crippen LogP contribution in [0.15, 0.2) is 23.4 Å². The first kappa shape index (κ1) is 12.3. The van der Waals surface area contributed by atoms with Gasteiger partial charge in [-0.2, -0.15) is 0 Å². The third-order valence-corrected chi connectivity index (χ3v) is 4.40. The fraction of sp³-hybridized carbons (Fsp3) is 0.500. The number of alkyl halides is 1. The van der Waals surface area contributed by atoms with E-state index in [9.17, 15) is 0 Å². The summed E-state index contributed by atoms with van der Waals surface area (Å²) in [5, 5.41) is 5.00. The molecule has 1 fully saturated rings. The highest BCUT2D eigenvalue weighted by molar-refractivity contribution is 6.35. The summed E-state index contributed by atoms with van der Waals surface area (Å²) < 4.78 is 0. The molecular weight excluding hydrogens is 269 g/mol. The Morgan fingerprint density at radius 3 is 2.78 bits per heavy atom. The van der Waals surface area contributed by atoms with Crippen molar-refractivity contribution in [3.8, 4) is 0 Å². The molecule has 2 nitrogen and oxygen atoms in total. The van der Waals surface area contributed by atoms with Crippen molar-refractivity contribution in [2.75, 3.05) is 5.88 Å². The molecule has 0 amide bonds. The van der Waals surface area contributed by atoms with E-state index < -0.39 is 0 Å². The summed E-state index contributed by atoms with van der Waals surface area (Å²) in [6, 6.07) is 5.88. The molecule has 3 rings (SSSR count). The van der Waals surface area contributed by atoms with Gasteiger partial charge >= 0.3 is 0 Å². The standard InChI is InChI=1S/C14H15Cl2NO/c1-8-3-2-4-11(16)12(8)13-10(7-15)14(18-17-13)9-5-6-9/h2-4,9-10,14H,5-7H2,1H3. The van der Waals surface area contributed by atoms with E-state index in [1.54, 1.807) is 0 Å². The molecule has 96 valence electrons. The van der Waals surface area contributed by atoms with Crippen LogP contribution >= 0.6 is 23.2 Å². The number of halogens is 2. The second-order valence-corrected chi connectivity index (χ2v) is 5.79. The van der Waals surface area contributed by atoms with Gasteiger partial charge in [-0.1, -0.05) is 28.9 Å². The Kier molecular flexibility index (Phi) is 3.25. The molecule has 1 saturated carbocycles. The Bertz CT molecular complexity index is 476. The minimum Gasteiger partial charge on any atom is -0.391 e. The fourth-order valence-corrected chi connectivity index (χ4v) is 3.24. The summed E-state index contributed by atoms with van der Waals surface area (Å²) in [5.74, 6) is 1.32. The Morgan fingerprint density at radius 1 is 1.39 bits per heavy atom. The van der Waals surface area contributed by atoms with Gasteiger partial charge in [-0.3, -0.25) is 0 Å². The molecule has 2 aliphatic rings. The molecule has 1 aromatic carbocycles. The molecular formula is C14H15Cl2NO. The first-order valence-corrected chi connectivity index (χ1v) is 7.18. The Balaban J connectivity index is 1.96. The van der Waals surface area contributed by atoms with E-state index in [2.05, 4.69) is 5.16 Å². The van der Waals surface area contributed by atoms with Gasteiger partial charge in [-0.15, -0.1) is 11.6 Å². The second kappa shape index (κ2) is 4.75. The lowest BCUT2D eigenvalue weighted by Crippen LogP contribution is -2.27. The van der Waals surface area contributed by atoms with Gasteiger partial charge in [0.1, 0.15) is 6.10 Å². The van der Waals surface area contributed by atoms with Crippen molar-refractivity contribution in [3.63, 3.8) is 0 Å². The molecule has 1 heterocycles. The van der Waals surface area contributed by atoms with Gasteiger partial charge in [-0.25, -0.2) is 0 Å². The highest BCUT2D eigenvalue weighted by Gasteiger charge is 2.44. The summed E-state index contributed by atoms with van der Waals surface area (Å²) in [7, 11) is 0. The van der Waals surface area contributed by atoms with Crippen LogP contribution in [0.5, 0.6) is 0 Å². The van der Waals surface area contributed by atoms with E-state index in [0.29, 0.717) is 11.8 Å². The van der Waals surface area contributed by atoms with Crippen LogP contribution in [0, 0.1) is 18.8 Å². The van der Waals surface area contributed by atoms with Gasteiger partial charge in [0.15, 0.2) is 0 Å². The molecule has 18 heavy (non-hydrogen) atoms. The van der Waals surface area contributed by atoms with E-state index in [4.69, 9.17) is 28.0 Å². The van der Waals surface area contributed by atoms with Gasteiger partial charge in [-0.05, 0) is 37.3 Å². The third kappa shape index (κ3) is 2.02. The SMILES string of the molecule is Cc1cccc(Cl)c1C1=NOC(C2CC2)C1CCl. The smallest absolute Gasteiger partial charge is 0.140 e. The van der Waals surface area contributed by atoms with Crippen molar-refractivity contribution < 1.29 is 4.84 Å². The maximum atomic E-state index is 6.30. The maximum Gasteiger partial charge on any atom is 0.140 e. The van der Waals surface area contributed by atoms with Gasteiger partial charge < -0.3 is 4.84 Å². The number of oxime groups is 1. The van der Waals surface area contributed by atoms with Crippen LogP contribution in [0.2, 0.25) is 5.02 Å². The molecule has 2 unspecified atom stereocenters. The topological polar surface area (TPSA) is 21.6 Å². The number of hydrogen-bond donors (Lipinski definition) is 0. The van der Waals surface area contributed by atoms with Crippen LogP contribution in [-0.2, 0) is 4.84 Å². The first-order valence-electron chi connectivity index (χ1n) is 6.27. The van der Waals surface area contributed by atoms with Crippen molar-refractivity contribution >= 4 is 28.9 Å². The van der Waals surface area contributed by atoms with Gasteiger partial charge in [0.2, 0.25) is 0 Å². The lowest BCUT2D eigenvalue weighted by molar-refractivity contribution is 0.0499. The summed E-state index contributed by atoms with van der Waals surface area (Å²) >= 11 is 12.4. The highest BCUT2D eigenvalue weighted by Crippen LogP contribution is 2.42. The van der Waals surface area contributed by atoms with Crippen molar-refractivity contribution in [2.24, 2.45) is 17.0 Å². The number of benzene rings is 1. The van der Waals surface area contributed by atoms with Crippen molar-refractivity contribution in [1.82, 2.24) is 0 Å². The van der Waals surface area contributed by atoms with E-state index in [1.165, 1.54) is 12.8 Å². The van der Waals surface area contributed by atoms with Crippen LogP contribution in [0.1, 0.15) is 24.0 Å². The molecule has 4 heteroatoms. The average Bonchev–Trinajstić information content (AvgIpc) is 3.10. The van der Waals surface area contributed by atoms with E-state index in [0.717, 1.165) is 21.9 Å². The van der Waals surface area contributed by atoms with Crippen LogP contribution in [0.25, 0.3) is 0 Å². The molecule has 1 aliphatic heterocycles. The van der Waals surface area contributed by atoms with E-state index in [1.807, 2.05) is 25.1 Å². The maximum absolute atomic E-state index is 6.30. The molecule has 0 aromatic heterocycles. The number of rotatable bonds is 3. The van der Waals surface area contributed by atoms with Crippen molar-refractivity contribution in [2.45, 2.75) is 25.9 Å². The Morgan fingerprint density at radius 2 is 2.17 bits per heavy atom. The van der Waals surface area contributed by atoms with E-state index in [-0.39, 0.29) is 12.0 Å². The van der Waals surface area contributed by atoms with Crippen LogP contribution in [-0.4, -0.2) is 17.7 Å². The van der Waals surface area contributed by atoms with Crippen LogP contribution in [0.4, 0.5) is 0 Å². The van der Waals surface area contributed by atoms with Crippen molar-refractivity contribution in [1.29, 1.82) is 0 Å². The summed E-state index contributed by atoms with van der Waals surface area (Å²) in [5.41, 5.74) is 3.04. The first-order chi connectivity index (χ1) is 8.72. The quantitative estimate of drug-likeness (QED) is 0.768. The minimum atomic E-state index is 0.146. The highest BCUT2D eigenvalue weighted by atomic mass is 35.5. The lowest BCUT2D eigenvalue weighted by Gasteiger charge is -2.17. The average molecular weight is 284 g/mol. The summed E-state index contributed by atoms with van der Waals surface area (Å²) in [6.07, 6.45) is 2.60. The van der Waals surface area contributed by atoms with Crippen molar-refractivity contribution in [3.05, 3.63) is 34.3 Å². The van der Waals surface area contributed by atoms with Crippen LogP contribution < -0.4 is 0 Å². The molecule has 0 saturated heterocycles. The monoisotopic (exact) mass is 283 g/mol. The molecule has 0 N–H and O–H groups in total. The Hall–Kier alpha value is -0.730. The van der Waals surface area contributed by atoms with Gasteiger partial charge in [0, 0.05) is 11.4 Å². The predicted octanol–water partition coefficient (Wildman–Crippen LogP) is 4.02. The zero-order valence-corrected chi connectivity index (χ0v) is 11.7. The predicted molar refractivity (Wildman–Crippen MR) is 74.5 cm³/mol. The molecule has 0 spiro atoms. The fourth-order valence-electron chi connectivity index (χ4n) is 2.60. The number of nitrogens with zero attached hydrogens (tertiary/aromatic N) is 1. The summed E-state index contributed by atoms with van der Waals surface area (Å²) in [4.78, 5) is 5.60. The number of aryl methyl sites for hydroxylation is 1. The minimum absolute atomic E-state index is 0.146. The zero-order chi connectivity index (χ0) is 12.7. The summed E-state index contributed by atoms with van der Waals surface area (Å²) in [6.45, 7) is 2.04. The third-order valence-electron chi connectivity index (χ3n) is 3.75. The van der Waals surface area contributed by atoms with E-state index >= 15 is 0 Å². The zero-order valence-electron chi connectivity index (χ0n) is 10.2. The molecule has 1 aliphatic carbocycles. The largest absolute Gasteiger partial charge is 0.391 e. The van der Waals surface area contributed by atoms with Crippen LogP contribution in [0.3, 0.4) is 0 Å².